The minimum atomic E-state index is -3.95. The van der Waals surface area contributed by atoms with Gasteiger partial charge in [0.15, 0.2) is 0 Å². The predicted octanol–water partition coefficient (Wildman–Crippen LogP) is 0.290. The van der Waals surface area contributed by atoms with E-state index in [9.17, 15) is 22.8 Å². The molecule has 0 aliphatic carbocycles. The minimum absolute atomic E-state index is 0.0415. The smallest absolute Gasteiger partial charge is 0.330 e. The first kappa shape index (κ1) is 23.2. The number of hydrogen-bond donors (Lipinski definition) is 2. The van der Waals surface area contributed by atoms with Gasteiger partial charge in [0.1, 0.15) is 6.04 Å². The summed E-state index contributed by atoms with van der Waals surface area (Å²) in [6.07, 6.45) is 0.119. The van der Waals surface area contributed by atoms with Crippen molar-refractivity contribution in [3.63, 3.8) is 0 Å². The molecule has 2 aromatic carbocycles. The third-order valence-corrected chi connectivity index (χ3v) is 6.51. The molecule has 3 aromatic rings. The third-order valence-electron chi connectivity index (χ3n) is 5.02. The zero-order valence-corrected chi connectivity index (χ0v) is 18.5. The molecule has 1 unspecified atom stereocenters. The summed E-state index contributed by atoms with van der Waals surface area (Å²) < 4.78 is 30.3. The zero-order chi connectivity index (χ0) is 23.3. The first-order chi connectivity index (χ1) is 15.2. The van der Waals surface area contributed by atoms with E-state index in [2.05, 4.69) is 10.0 Å². The topological polar surface area (TPSA) is 119 Å². The van der Waals surface area contributed by atoms with Crippen molar-refractivity contribution in [2.45, 2.75) is 23.9 Å². The molecular weight excluding hydrogens is 432 g/mol. The summed E-state index contributed by atoms with van der Waals surface area (Å²) in [5.41, 5.74) is 0.0514. The van der Waals surface area contributed by atoms with Gasteiger partial charge in [0.05, 0.1) is 11.4 Å². The normalized spacial score (nSPS) is 12.3. The van der Waals surface area contributed by atoms with Crippen molar-refractivity contribution in [3.05, 3.63) is 98.8 Å². The summed E-state index contributed by atoms with van der Waals surface area (Å²) in [6.45, 7) is -0.112. The number of carbonyl (C=O) groups excluding carboxylic acids is 1. The number of aromatic nitrogens is 2. The highest BCUT2D eigenvalue weighted by atomic mass is 32.2. The molecule has 0 saturated carbocycles. The molecule has 3 rings (SSSR count). The van der Waals surface area contributed by atoms with Crippen LogP contribution in [0.1, 0.15) is 11.3 Å². The molecule has 1 aromatic heterocycles. The van der Waals surface area contributed by atoms with Crippen LogP contribution in [0.4, 0.5) is 0 Å². The van der Waals surface area contributed by atoms with E-state index in [1.165, 1.54) is 36.9 Å². The molecule has 1 heterocycles. The van der Waals surface area contributed by atoms with Crippen LogP contribution in [0.2, 0.25) is 0 Å². The average molecular weight is 457 g/mol. The first-order valence-corrected chi connectivity index (χ1v) is 11.3. The lowest BCUT2D eigenvalue weighted by atomic mass is 10.1. The molecule has 0 spiro atoms. The van der Waals surface area contributed by atoms with Crippen LogP contribution in [0.25, 0.3) is 0 Å². The number of amides is 1. The van der Waals surface area contributed by atoms with Gasteiger partial charge in [-0.3, -0.25) is 18.7 Å². The lowest BCUT2D eigenvalue weighted by Crippen LogP contribution is -2.48. The fourth-order valence-electron chi connectivity index (χ4n) is 3.14. The number of benzene rings is 2. The summed E-state index contributed by atoms with van der Waals surface area (Å²) >= 11 is 0. The van der Waals surface area contributed by atoms with Gasteiger partial charge in [-0.15, -0.1) is 0 Å². The van der Waals surface area contributed by atoms with Gasteiger partial charge in [0.25, 0.3) is 5.56 Å². The van der Waals surface area contributed by atoms with Gasteiger partial charge < -0.3 is 5.32 Å². The van der Waals surface area contributed by atoms with Gasteiger partial charge in [0, 0.05) is 25.9 Å². The SMILES string of the molecule is Cn1c(CNC(=O)C(Cc2ccccc2)NS(=O)(=O)c2ccccc2)cc(=O)n(C)c1=O. The van der Waals surface area contributed by atoms with Gasteiger partial charge in [-0.25, -0.2) is 13.2 Å². The van der Waals surface area contributed by atoms with Crippen molar-refractivity contribution in [2.24, 2.45) is 14.1 Å². The molecule has 1 amide bonds. The van der Waals surface area contributed by atoms with Crippen LogP contribution in [0.3, 0.4) is 0 Å². The second kappa shape index (κ2) is 9.75. The highest BCUT2D eigenvalue weighted by molar-refractivity contribution is 7.89. The van der Waals surface area contributed by atoms with E-state index >= 15 is 0 Å². The Morgan fingerprint density at radius 2 is 1.53 bits per heavy atom. The van der Waals surface area contributed by atoms with E-state index in [0.29, 0.717) is 5.69 Å². The summed E-state index contributed by atoms with van der Waals surface area (Å²) in [7, 11) is -1.10. The Hall–Kier alpha value is -3.50. The maximum atomic E-state index is 13.0. The van der Waals surface area contributed by atoms with Crippen LogP contribution in [0, 0.1) is 0 Å². The molecule has 10 heteroatoms. The molecular formula is C22H24N4O5S. The lowest BCUT2D eigenvalue weighted by Gasteiger charge is -2.19. The molecule has 0 saturated heterocycles. The van der Waals surface area contributed by atoms with Crippen LogP contribution in [-0.2, 0) is 41.9 Å². The number of sulfonamides is 1. The van der Waals surface area contributed by atoms with E-state index in [1.807, 2.05) is 6.07 Å². The second-order valence-corrected chi connectivity index (χ2v) is 8.98. The van der Waals surface area contributed by atoms with Crippen LogP contribution in [-0.4, -0.2) is 29.5 Å². The van der Waals surface area contributed by atoms with Crippen LogP contribution in [0.5, 0.6) is 0 Å². The fourth-order valence-corrected chi connectivity index (χ4v) is 4.36. The van der Waals surface area contributed by atoms with E-state index in [4.69, 9.17) is 0 Å². The summed E-state index contributed by atoms with van der Waals surface area (Å²) in [5, 5.41) is 2.63. The fraction of sp³-hybridized carbons (Fsp3) is 0.227. The number of nitrogens with zero attached hydrogens (tertiary/aromatic N) is 2. The van der Waals surface area contributed by atoms with Crippen LogP contribution >= 0.6 is 0 Å². The number of carbonyl (C=O) groups is 1. The molecule has 168 valence electrons. The number of hydrogen-bond acceptors (Lipinski definition) is 5. The van der Waals surface area contributed by atoms with Gasteiger partial charge in [-0.05, 0) is 24.1 Å². The summed E-state index contributed by atoms with van der Waals surface area (Å²) in [5.74, 6) is -0.582. The quantitative estimate of drug-likeness (QED) is 0.505. The van der Waals surface area contributed by atoms with E-state index in [0.717, 1.165) is 10.1 Å². The Morgan fingerprint density at radius 1 is 0.938 bits per heavy atom. The zero-order valence-electron chi connectivity index (χ0n) is 17.7. The minimum Gasteiger partial charge on any atom is -0.349 e. The Morgan fingerprint density at radius 3 is 2.16 bits per heavy atom. The van der Waals surface area contributed by atoms with Gasteiger partial charge in [-0.1, -0.05) is 48.5 Å². The molecule has 0 aliphatic rings. The molecule has 0 aliphatic heterocycles. The largest absolute Gasteiger partial charge is 0.349 e. The maximum absolute atomic E-state index is 13.0. The lowest BCUT2D eigenvalue weighted by molar-refractivity contribution is -0.122. The maximum Gasteiger partial charge on any atom is 0.330 e. The predicted molar refractivity (Wildman–Crippen MR) is 119 cm³/mol. The van der Waals surface area contributed by atoms with Crippen molar-refractivity contribution in [1.29, 1.82) is 0 Å². The van der Waals surface area contributed by atoms with E-state index < -0.39 is 33.2 Å². The Balaban J connectivity index is 1.84. The highest BCUT2D eigenvalue weighted by Crippen LogP contribution is 2.11. The number of rotatable bonds is 8. The summed E-state index contributed by atoms with van der Waals surface area (Å²) in [6, 6.07) is 16.9. The standard InChI is InChI=1S/C22H24N4O5S/c1-25-17(14-20(27)26(2)22(25)29)15-23-21(28)19(13-16-9-5-3-6-10-16)24-32(30,31)18-11-7-4-8-12-18/h3-12,14,19,24H,13,15H2,1-2H3,(H,23,28). The Bertz CT molecular complexity index is 1320. The third kappa shape index (κ3) is 5.40. The average Bonchev–Trinajstić information content (AvgIpc) is 2.79. The van der Waals surface area contributed by atoms with Crippen molar-refractivity contribution in [3.8, 4) is 0 Å². The molecule has 32 heavy (non-hydrogen) atoms. The van der Waals surface area contributed by atoms with Crippen molar-refractivity contribution < 1.29 is 13.2 Å². The molecule has 9 nitrogen and oxygen atoms in total. The monoisotopic (exact) mass is 456 g/mol. The molecule has 0 bridgehead atoms. The molecule has 2 N–H and O–H groups in total. The number of nitrogens with one attached hydrogen (secondary N) is 2. The Kier molecular flexibility index (Phi) is 7.06. The van der Waals surface area contributed by atoms with Crippen molar-refractivity contribution in [2.75, 3.05) is 0 Å². The molecule has 0 radical (unpaired) electrons. The highest BCUT2D eigenvalue weighted by Gasteiger charge is 2.26. The van der Waals surface area contributed by atoms with Crippen LogP contribution < -0.4 is 21.3 Å². The molecule has 0 fully saturated rings. The second-order valence-electron chi connectivity index (χ2n) is 7.27. The van der Waals surface area contributed by atoms with Gasteiger partial charge in [-0.2, -0.15) is 4.72 Å². The van der Waals surface area contributed by atoms with Crippen LogP contribution in [0.15, 0.2) is 81.2 Å². The Labute approximate surface area is 185 Å². The first-order valence-electron chi connectivity index (χ1n) is 9.84. The van der Waals surface area contributed by atoms with Gasteiger partial charge >= 0.3 is 5.69 Å². The van der Waals surface area contributed by atoms with E-state index in [1.54, 1.807) is 42.5 Å². The molecule has 1 atom stereocenters. The van der Waals surface area contributed by atoms with Crippen molar-refractivity contribution >= 4 is 15.9 Å². The summed E-state index contributed by atoms with van der Waals surface area (Å²) in [4.78, 5) is 37.0. The van der Waals surface area contributed by atoms with E-state index in [-0.39, 0.29) is 17.9 Å². The van der Waals surface area contributed by atoms with Gasteiger partial charge in [0.2, 0.25) is 15.9 Å². The van der Waals surface area contributed by atoms with Crippen molar-refractivity contribution in [1.82, 2.24) is 19.2 Å².